The van der Waals surface area contributed by atoms with Crippen LogP contribution in [0, 0.1) is 5.92 Å². The largest absolute Gasteiger partial charge is 0.496 e. The van der Waals surface area contributed by atoms with Crippen LogP contribution in [0.25, 0.3) is 0 Å². The second kappa shape index (κ2) is 8.68. The standard InChI is InChI=1S/C18H26N2O4/c1-3-19(10-11-21)18(23)15-8-9-17(22)20(13-15)12-14-6-4-5-7-16(14)24-2/h4-7,15,21H,3,8-13H2,1-2H3/t15-/m0/s1. The van der Waals surface area contributed by atoms with Crippen LogP contribution in [0.5, 0.6) is 5.75 Å². The maximum atomic E-state index is 12.6. The van der Waals surface area contributed by atoms with E-state index in [4.69, 9.17) is 9.84 Å². The summed E-state index contributed by atoms with van der Waals surface area (Å²) in [5.41, 5.74) is 0.934. The molecule has 2 amide bonds. The fraction of sp³-hybridized carbons (Fsp3) is 0.556. The molecule has 0 bridgehead atoms. The van der Waals surface area contributed by atoms with Gasteiger partial charge < -0.3 is 19.6 Å². The van der Waals surface area contributed by atoms with Crippen molar-refractivity contribution in [3.8, 4) is 5.75 Å². The van der Waals surface area contributed by atoms with E-state index in [-0.39, 0.29) is 24.3 Å². The van der Waals surface area contributed by atoms with Crippen molar-refractivity contribution in [2.45, 2.75) is 26.3 Å². The smallest absolute Gasteiger partial charge is 0.227 e. The predicted octanol–water partition coefficient (Wildman–Crippen LogP) is 1.27. The number of ether oxygens (including phenoxy) is 1. The molecule has 0 spiro atoms. The van der Waals surface area contributed by atoms with E-state index in [2.05, 4.69) is 0 Å². The molecule has 1 aromatic carbocycles. The number of para-hydroxylation sites is 1. The molecule has 1 fully saturated rings. The lowest BCUT2D eigenvalue weighted by Gasteiger charge is -2.34. The van der Waals surface area contributed by atoms with Gasteiger partial charge in [-0.2, -0.15) is 0 Å². The fourth-order valence-corrected chi connectivity index (χ4v) is 3.11. The van der Waals surface area contributed by atoms with Crippen molar-refractivity contribution in [2.24, 2.45) is 5.92 Å². The van der Waals surface area contributed by atoms with Crippen LogP contribution in [0.15, 0.2) is 24.3 Å². The molecule has 0 saturated carbocycles. The molecule has 1 saturated heterocycles. The average Bonchev–Trinajstić information content (AvgIpc) is 2.61. The van der Waals surface area contributed by atoms with Gasteiger partial charge in [-0.3, -0.25) is 9.59 Å². The van der Waals surface area contributed by atoms with Gasteiger partial charge in [0, 0.05) is 38.2 Å². The lowest BCUT2D eigenvalue weighted by Crippen LogP contribution is -2.47. The molecular weight excluding hydrogens is 308 g/mol. The van der Waals surface area contributed by atoms with E-state index in [0.717, 1.165) is 11.3 Å². The molecule has 0 aromatic heterocycles. The number of likely N-dealkylation sites (N-methyl/N-ethyl adjacent to an activating group) is 1. The fourth-order valence-electron chi connectivity index (χ4n) is 3.11. The zero-order valence-electron chi connectivity index (χ0n) is 14.4. The Balaban J connectivity index is 2.07. The number of carbonyl (C=O) groups is 2. The van der Waals surface area contributed by atoms with Crippen LogP contribution in [-0.4, -0.2) is 60.1 Å². The van der Waals surface area contributed by atoms with E-state index in [1.54, 1.807) is 16.9 Å². The third-order valence-corrected chi connectivity index (χ3v) is 4.47. The quantitative estimate of drug-likeness (QED) is 0.815. The number of benzene rings is 1. The van der Waals surface area contributed by atoms with Gasteiger partial charge in [0.2, 0.25) is 11.8 Å². The Morgan fingerprint density at radius 2 is 2.17 bits per heavy atom. The molecule has 1 aromatic rings. The molecule has 1 aliphatic heterocycles. The minimum absolute atomic E-state index is 0.0177. The highest BCUT2D eigenvalue weighted by molar-refractivity contribution is 5.84. The van der Waals surface area contributed by atoms with E-state index in [9.17, 15) is 9.59 Å². The van der Waals surface area contributed by atoms with Gasteiger partial charge in [0.05, 0.1) is 19.6 Å². The molecule has 132 valence electrons. The average molecular weight is 334 g/mol. The maximum absolute atomic E-state index is 12.6. The Bertz CT molecular complexity index is 576. The van der Waals surface area contributed by atoms with Gasteiger partial charge in [-0.25, -0.2) is 0 Å². The van der Waals surface area contributed by atoms with E-state index in [0.29, 0.717) is 39.0 Å². The van der Waals surface area contributed by atoms with Crippen molar-refractivity contribution in [1.82, 2.24) is 9.80 Å². The second-order valence-electron chi connectivity index (χ2n) is 5.96. The molecule has 24 heavy (non-hydrogen) atoms. The molecule has 2 rings (SSSR count). The third kappa shape index (κ3) is 4.26. The highest BCUT2D eigenvalue weighted by Gasteiger charge is 2.32. The van der Waals surface area contributed by atoms with Crippen molar-refractivity contribution >= 4 is 11.8 Å². The van der Waals surface area contributed by atoms with Crippen LogP contribution in [0.1, 0.15) is 25.3 Å². The van der Waals surface area contributed by atoms with Crippen LogP contribution in [0.2, 0.25) is 0 Å². The first-order chi connectivity index (χ1) is 11.6. The number of likely N-dealkylation sites (tertiary alicyclic amines) is 1. The predicted molar refractivity (Wildman–Crippen MR) is 90.5 cm³/mol. The number of rotatable bonds is 7. The monoisotopic (exact) mass is 334 g/mol. The van der Waals surface area contributed by atoms with Crippen LogP contribution in [0.4, 0.5) is 0 Å². The summed E-state index contributed by atoms with van der Waals surface area (Å²) in [7, 11) is 1.61. The van der Waals surface area contributed by atoms with Crippen molar-refractivity contribution in [3.63, 3.8) is 0 Å². The minimum atomic E-state index is -0.205. The van der Waals surface area contributed by atoms with Crippen molar-refractivity contribution in [2.75, 3.05) is 33.4 Å². The molecule has 0 unspecified atom stereocenters. The van der Waals surface area contributed by atoms with Crippen molar-refractivity contribution in [3.05, 3.63) is 29.8 Å². The number of aliphatic hydroxyl groups excluding tert-OH is 1. The Kier molecular flexibility index (Phi) is 6.61. The summed E-state index contributed by atoms with van der Waals surface area (Å²) in [5, 5.41) is 9.09. The van der Waals surface area contributed by atoms with Crippen molar-refractivity contribution < 1.29 is 19.4 Å². The first-order valence-electron chi connectivity index (χ1n) is 8.40. The second-order valence-corrected chi connectivity index (χ2v) is 5.96. The summed E-state index contributed by atoms with van der Waals surface area (Å²) in [4.78, 5) is 28.2. The molecule has 6 heteroatoms. The zero-order chi connectivity index (χ0) is 17.5. The Morgan fingerprint density at radius 1 is 1.42 bits per heavy atom. The summed E-state index contributed by atoms with van der Waals surface area (Å²) >= 11 is 0. The highest BCUT2D eigenvalue weighted by atomic mass is 16.5. The van der Waals surface area contributed by atoms with E-state index in [1.165, 1.54) is 0 Å². The topological polar surface area (TPSA) is 70.1 Å². The Morgan fingerprint density at radius 3 is 2.83 bits per heavy atom. The highest BCUT2D eigenvalue weighted by Crippen LogP contribution is 2.25. The van der Waals surface area contributed by atoms with Gasteiger partial charge in [-0.15, -0.1) is 0 Å². The zero-order valence-corrected chi connectivity index (χ0v) is 14.4. The minimum Gasteiger partial charge on any atom is -0.496 e. The van der Waals surface area contributed by atoms with E-state index >= 15 is 0 Å². The van der Waals surface area contributed by atoms with Gasteiger partial charge in [0.25, 0.3) is 0 Å². The van der Waals surface area contributed by atoms with Gasteiger partial charge in [0.15, 0.2) is 0 Å². The lowest BCUT2D eigenvalue weighted by atomic mass is 9.95. The summed E-state index contributed by atoms with van der Waals surface area (Å²) < 4.78 is 5.34. The SMILES string of the molecule is CCN(CCO)C(=O)[C@H]1CCC(=O)N(Cc2ccccc2OC)C1. The van der Waals surface area contributed by atoms with E-state index in [1.807, 2.05) is 31.2 Å². The normalized spacial score (nSPS) is 17.7. The van der Waals surface area contributed by atoms with Crippen LogP contribution < -0.4 is 4.74 Å². The van der Waals surface area contributed by atoms with Crippen molar-refractivity contribution in [1.29, 1.82) is 0 Å². The van der Waals surface area contributed by atoms with Gasteiger partial charge in [-0.1, -0.05) is 18.2 Å². The third-order valence-electron chi connectivity index (χ3n) is 4.47. The van der Waals surface area contributed by atoms with Gasteiger partial charge in [0.1, 0.15) is 5.75 Å². The number of piperidine rings is 1. The number of carbonyl (C=O) groups excluding carboxylic acids is 2. The van der Waals surface area contributed by atoms with Gasteiger partial charge >= 0.3 is 0 Å². The van der Waals surface area contributed by atoms with Crippen LogP contribution >= 0.6 is 0 Å². The molecule has 1 atom stereocenters. The number of hydrogen-bond acceptors (Lipinski definition) is 4. The maximum Gasteiger partial charge on any atom is 0.227 e. The number of hydrogen-bond donors (Lipinski definition) is 1. The first-order valence-corrected chi connectivity index (χ1v) is 8.40. The van der Waals surface area contributed by atoms with Crippen LogP contribution in [0.3, 0.4) is 0 Å². The number of methoxy groups -OCH3 is 1. The molecule has 6 nitrogen and oxygen atoms in total. The van der Waals surface area contributed by atoms with E-state index < -0.39 is 0 Å². The first kappa shape index (κ1) is 18.3. The Hall–Kier alpha value is -2.08. The van der Waals surface area contributed by atoms with Crippen LogP contribution in [-0.2, 0) is 16.1 Å². The summed E-state index contributed by atoms with van der Waals surface area (Å²) in [6, 6.07) is 7.60. The Labute approximate surface area is 143 Å². The number of aliphatic hydroxyl groups is 1. The molecule has 1 aliphatic rings. The molecule has 1 N–H and O–H groups in total. The van der Waals surface area contributed by atoms with Gasteiger partial charge in [-0.05, 0) is 19.4 Å². The summed E-state index contributed by atoms with van der Waals surface area (Å²) in [6.07, 6.45) is 0.949. The molecule has 0 aliphatic carbocycles. The molecular formula is C18H26N2O4. The number of nitrogens with zero attached hydrogens (tertiary/aromatic N) is 2. The molecule has 1 heterocycles. The summed E-state index contributed by atoms with van der Waals surface area (Å²) in [6.45, 7) is 3.61. The molecule has 0 radical (unpaired) electrons. The summed E-state index contributed by atoms with van der Waals surface area (Å²) in [5.74, 6) is 0.623. The number of amides is 2. The lowest BCUT2D eigenvalue weighted by molar-refractivity contribution is -0.143.